The van der Waals surface area contributed by atoms with Crippen molar-refractivity contribution in [1.29, 1.82) is 0 Å². The number of oxazole rings is 1. The first-order chi connectivity index (χ1) is 9.93. The van der Waals surface area contributed by atoms with E-state index >= 15 is 0 Å². The molecule has 2 rings (SSSR count). The second kappa shape index (κ2) is 6.18. The highest BCUT2D eigenvalue weighted by Gasteiger charge is 2.16. The van der Waals surface area contributed by atoms with Gasteiger partial charge in [0.25, 0.3) is 0 Å². The second-order valence-electron chi connectivity index (χ2n) is 5.83. The molecule has 0 bridgehead atoms. The topological polar surface area (TPSA) is 56.5 Å². The molecule has 0 saturated carbocycles. The summed E-state index contributed by atoms with van der Waals surface area (Å²) in [6.45, 7) is 6.97. The molecule has 114 valence electrons. The predicted octanol–water partition coefficient (Wildman–Crippen LogP) is 3.25. The largest absolute Gasteiger partial charge is 0.497 e. The van der Waals surface area contributed by atoms with Gasteiger partial charge in [0.05, 0.1) is 14.2 Å². The Balaban J connectivity index is 2.32. The van der Waals surface area contributed by atoms with E-state index in [0.717, 1.165) is 28.5 Å². The highest BCUT2D eigenvalue weighted by Crippen LogP contribution is 2.31. The first-order valence-electron chi connectivity index (χ1n) is 6.84. The van der Waals surface area contributed by atoms with Gasteiger partial charge in [-0.05, 0) is 32.9 Å². The van der Waals surface area contributed by atoms with Gasteiger partial charge in [-0.1, -0.05) is 0 Å². The number of aromatic nitrogens is 1. The minimum Gasteiger partial charge on any atom is -0.497 e. The van der Waals surface area contributed by atoms with Crippen LogP contribution in [0.3, 0.4) is 0 Å². The Morgan fingerprint density at radius 2 is 1.71 bits per heavy atom. The van der Waals surface area contributed by atoms with Crippen molar-refractivity contribution in [2.24, 2.45) is 0 Å². The minimum atomic E-state index is 0.0162. The summed E-state index contributed by atoms with van der Waals surface area (Å²) < 4.78 is 16.1. The number of hydrogen-bond donors (Lipinski definition) is 1. The molecule has 0 unspecified atom stereocenters. The molecule has 0 saturated heterocycles. The van der Waals surface area contributed by atoms with Gasteiger partial charge in [-0.25, -0.2) is 4.98 Å². The second-order valence-corrected chi connectivity index (χ2v) is 5.83. The Hall–Kier alpha value is -2.01. The van der Waals surface area contributed by atoms with Crippen molar-refractivity contribution in [1.82, 2.24) is 10.3 Å². The van der Waals surface area contributed by atoms with E-state index in [-0.39, 0.29) is 5.54 Å². The van der Waals surface area contributed by atoms with Gasteiger partial charge in [-0.2, -0.15) is 0 Å². The van der Waals surface area contributed by atoms with Crippen molar-refractivity contribution in [3.05, 3.63) is 30.3 Å². The average Bonchev–Trinajstić information content (AvgIpc) is 2.92. The number of methoxy groups -OCH3 is 2. The molecule has 1 aromatic carbocycles. The van der Waals surface area contributed by atoms with Gasteiger partial charge in [0.15, 0.2) is 12.2 Å². The van der Waals surface area contributed by atoms with Gasteiger partial charge in [0.1, 0.15) is 17.2 Å². The van der Waals surface area contributed by atoms with Crippen molar-refractivity contribution in [3.63, 3.8) is 0 Å². The molecule has 0 atom stereocenters. The van der Waals surface area contributed by atoms with Gasteiger partial charge in [-0.15, -0.1) is 0 Å². The smallest absolute Gasteiger partial charge is 0.181 e. The Morgan fingerprint density at radius 3 is 2.24 bits per heavy atom. The van der Waals surface area contributed by atoms with Crippen molar-refractivity contribution in [2.45, 2.75) is 32.9 Å². The number of hydrogen-bond acceptors (Lipinski definition) is 5. The third-order valence-corrected chi connectivity index (χ3v) is 3.04. The number of ether oxygens (including phenoxy) is 2. The lowest BCUT2D eigenvalue weighted by molar-refractivity contribution is 0.394. The summed E-state index contributed by atoms with van der Waals surface area (Å²) in [5.74, 6) is 2.16. The standard InChI is InChI=1S/C16H22N2O3/c1-16(2,3)18-9-14-15(21-10-17-14)11-6-12(19-4)8-13(7-11)20-5/h6-8,10,18H,9H2,1-5H3. The zero-order valence-electron chi connectivity index (χ0n) is 13.2. The van der Waals surface area contributed by atoms with Crippen LogP contribution in [0.2, 0.25) is 0 Å². The lowest BCUT2D eigenvalue weighted by Crippen LogP contribution is -2.35. The molecule has 0 aliphatic carbocycles. The fourth-order valence-corrected chi connectivity index (χ4v) is 1.92. The normalized spacial score (nSPS) is 11.5. The van der Waals surface area contributed by atoms with Crippen LogP contribution in [0.1, 0.15) is 26.5 Å². The van der Waals surface area contributed by atoms with E-state index in [0.29, 0.717) is 6.54 Å². The SMILES string of the molecule is COc1cc(OC)cc(-c2ocnc2CNC(C)(C)C)c1. The highest BCUT2D eigenvalue weighted by atomic mass is 16.5. The van der Waals surface area contributed by atoms with Crippen LogP contribution in [0.15, 0.2) is 29.0 Å². The van der Waals surface area contributed by atoms with Crippen LogP contribution in [-0.4, -0.2) is 24.7 Å². The Bertz CT molecular complexity index is 578. The van der Waals surface area contributed by atoms with E-state index in [1.54, 1.807) is 14.2 Å². The number of benzene rings is 1. The molecule has 0 spiro atoms. The molecule has 1 heterocycles. The lowest BCUT2D eigenvalue weighted by atomic mass is 10.1. The molecule has 1 N–H and O–H groups in total. The van der Waals surface area contributed by atoms with Crippen LogP contribution in [0.5, 0.6) is 11.5 Å². The van der Waals surface area contributed by atoms with Crippen LogP contribution in [0.25, 0.3) is 11.3 Å². The number of rotatable bonds is 5. The molecule has 5 nitrogen and oxygen atoms in total. The number of nitrogens with one attached hydrogen (secondary N) is 1. The lowest BCUT2D eigenvalue weighted by Gasteiger charge is -2.19. The minimum absolute atomic E-state index is 0.0162. The van der Waals surface area contributed by atoms with E-state index in [4.69, 9.17) is 13.9 Å². The fraction of sp³-hybridized carbons (Fsp3) is 0.438. The Kier molecular flexibility index (Phi) is 4.53. The highest BCUT2D eigenvalue weighted by molar-refractivity contribution is 5.64. The van der Waals surface area contributed by atoms with Crippen LogP contribution in [-0.2, 0) is 6.54 Å². The molecule has 0 radical (unpaired) electrons. The molecular weight excluding hydrogens is 268 g/mol. The summed E-state index contributed by atoms with van der Waals surface area (Å²) in [7, 11) is 3.25. The molecule has 1 aromatic heterocycles. The third-order valence-electron chi connectivity index (χ3n) is 3.04. The molecule has 2 aromatic rings. The van der Waals surface area contributed by atoms with E-state index in [2.05, 4.69) is 31.1 Å². The zero-order valence-corrected chi connectivity index (χ0v) is 13.2. The van der Waals surface area contributed by atoms with E-state index < -0.39 is 0 Å². The average molecular weight is 290 g/mol. The van der Waals surface area contributed by atoms with Gasteiger partial charge in [0.2, 0.25) is 0 Å². The van der Waals surface area contributed by atoms with E-state index in [9.17, 15) is 0 Å². The van der Waals surface area contributed by atoms with Gasteiger partial charge in [0, 0.05) is 23.7 Å². The molecule has 0 fully saturated rings. The van der Waals surface area contributed by atoms with Gasteiger partial charge in [-0.3, -0.25) is 0 Å². The molecule has 0 aliphatic rings. The van der Waals surface area contributed by atoms with Crippen LogP contribution >= 0.6 is 0 Å². The zero-order chi connectivity index (χ0) is 15.5. The first kappa shape index (κ1) is 15.4. The van der Waals surface area contributed by atoms with Crippen molar-refractivity contribution < 1.29 is 13.9 Å². The predicted molar refractivity (Wildman–Crippen MR) is 81.6 cm³/mol. The summed E-state index contributed by atoms with van der Waals surface area (Å²) in [5.41, 5.74) is 1.76. The Morgan fingerprint density at radius 1 is 1.10 bits per heavy atom. The van der Waals surface area contributed by atoms with Crippen LogP contribution in [0.4, 0.5) is 0 Å². The molecule has 21 heavy (non-hydrogen) atoms. The van der Waals surface area contributed by atoms with Crippen molar-refractivity contribution in [2.75, 3.05) is 14.2 Å². The molecule has 0 aliphatic heterocycles. The maximum atomic E-state index is 5.55. The summed E-state index contributed by atoms with van der Waals surface area (Å²) in [6, 6.07) is 5.64. The van der Waals surface area contributed by atoms with Crippen LogP contribution < -0.4 is 14.8 Å². The van der Waals surface area contributed by atoms with Gasteiger partial charge < -0.3 is 19.2 Å². The van der Waals surface area contributed by atoms with E-state index in [1.165, 1.54) is 6.39 Å². The summed E-state index contributed by atoms with van der Waals surface area (Å²) in [5, 5.41) is 3.41. The maximum absolute atomic E-state index is 5.55. The summed E-state index contributed by atoms with van der Waals surface area (Å²) in [4.78, 5) is 4.30. The van der Waals surface area contributed by atoms with Gasteiger partial charge >= 0.3 is 0 Å². The molecule has 0 amide bonds. The fourth-order valence-electron chi connectivity index (χ4n) is 1.92. The monoisotopic (exact) mass is 290 g/mol. The molecule has 5 heteroatoms. The van der Waals surface area contributed by atoms with Crippen LogP contribution in [0, 0.1) is 0 Å². The quantitative estimate of drug-likeness (QED) is 0.916. The number of nitrogens with zero attached hydrogens (tertiary/aromatic N) is 1. The van der Waals surface area contributed by atoms with E-state index in [1.807, 2.05) is 18.2 Å². The Labute approximate surface area is 125 Å². The summed E-state index contributed by atoms with van der Waals surface area (Å²) in [6.07, 6.45) is 1.46. The molecular formula is C16H22N2O3. The summed E-state index contributed by atoms with van der Waals surface area (Å²) >= 11 is 0. The first-order valence-corrected chi connectivity index (χ1v) is 6.84. The third kappa shape index (κ3) is 3.98. The maximum Gasteiger partial charge on any atom is 0.181 e. The van der Waals surface area contributed by atoms with Crippen molar-refractivity contribution >= 4 is 0 Å². The van der Waals surface area contributed by atoms with Crippen molar-refractivity contribution in [3.8, 4) is 22.8 Å².